The number of amides is 1. The van der Waals surface area contributed by atoms with Crippen molar-refractivity contribution in [1.82, 2.24) is 9.99 Å². The van der Waals surface area contributed by atoms with Gasteiger partial charge in [0.15, 0.2) is 6.61 Å². The lowest BCUT2D eigenvalue weighted by atomic mass is 10.2. The van der Waals surface area contributed by atoms with Crippen LogP contribution in [0.1, 0.15) is 21.3 Å². The Morgan fingerprint density at radius 1 is 1.06 bits per heavy atom. The Labute approximate surface area is 211 Å². The number of fused-ring (bicyclic) bond motifs is 1. The van der Waals surface area contributed by atoms with Gasteiger partial charge in [0.2, 0.25) is 0 Å². The monoisotopic (exact) mass is 505 g/mol. The first-order valence-corrected chi connectivity index (χ1v) is 13.4. The molecule has 0 radical (unpaired) electrons. The lowest BCUT2D eigenvalue weighted by Gasteiger charge is -2.10. The van der Waals surface area contributed by atoms with E-state index in [2.05, 4.69) is 22.7 Å². The zero-order valence-corrected chi connectivity index (χ0v) is 20.5. The summed E-state index contributed by atoms with van der Waals surface area (Å²) < 4.78 is 22.2. The number of carbonyl (C=O) groups is 1. The number of thioether (sulfide) groups is 2. The third-order valence-corrected chi connectivity index (χ3v) is 8.76. The highest BCUT2D eigenvalue weighted by Gasteiger charge is 2.18. The molecule has 0 unspecified atom stereocenters. The molecular formula is C27H24FN3O2S2. The average molecular weight is 506 g/mol. The number of nitrogens with zero attached hydrogens (tertiary/aromatic N) is 2. The van der Waals surface area contributed by atoms with Crippen molar-refractivity contribution in [3.05, 3.63) is 102 Å². The largest absolute Gasteiger partial charge is 0.484 e. The van der Waals surface area contributed by atoms with E-state index in [1.54, 1.807) is 18.3 Å². The van der Waals surface area contributed by atoms with E-state index < -0.39 is 0 Å². The number of hydrogen-bond acceptors (Lipinski definition) is 5. The summed E-state index contributed by atoms with van der Waals surface area (Å²) in [5, 5.41) is 5.08. The summed E-state index contributed by atoms with van der Waals surface area (Å²) in [5.41, 5.74) is 6.19. The van der Waals surface area contributed by atoms with Crippen LogP contribution in [0.5, 0.6) is 5.75 Å². The van der Waals surface area contributed by atoms with Crippen molar-refractivity contribution in [3.63, 3.8) is 0 Å². The lowest BCUT2D eigenvalue weighted by Crippen LogP contribution is -2.24. The fraction of sp³-hybridized carbons (Fsp3) is 0.185. The van der Waals surface area contributed by atoms with E-state index in [1.807, 2.05) is 76.8 Å². The molecular weight excluding hydrogens is 481 g/mol. The lowest BCUT2D eigenvalue weighted by molar-refractivity contribution is -0.123. The Bertz CT molecular complexity index is 1350. The molecule has 1 aliphatic rings. The molecule has 0 saturated carbocycles. The van der Waals surface area contributed by atoms with Crippen LogP contribution in [0.2, 0.25) is 0 Å². The summed E-state index contributed by atoms with van der Waals surface area (Å²) in [6.45, 7) is 0.275. The van der Waals surface area contributed by atoms with Crippen LogP contribution in [0, 0.1) is 5.82 Å². The van der Waals surface area contributed by atoms with Crippen LogP contribution in [-0.2, 0) is 11.3 Å². The summed E-state index contributed by atoms with van der Waals surface area (Å²) >= 11 is 3.91. The molecule has 1 N–H and O–H groups in total. The number of rotatable bonds is 8. The number of hydrazone groups is 1. The fourth-order valence-corrected chi connectivity index (χ4v) is 6.81. The molecule has 1 fully saturated rings. The van der Waals surface area contributed by atoms with Gasteiger partial charge in [0, 0.05) is 39.7 Å². The second-order valence-electron chi connectivity index (χ2n) is 8.05. The highest BCUT2D eigenvalue weighted by atomic mass is 32.2. The van der Waals surface area contributed by atoms with Crippen LogP contribution >= 0.6 is 23.5 Å². The van der Waals surface area contributed by atoms with Gasteiger partial charge in [-0.25, -0.2) is 9.82 Å². The summed E-state index contributed by atoms with van der Waals surface area (Å²) in [5.74, 6) is 2.43. The second kappa shape index (κ2) is 11.0. The van der Waals surface area contributed by atoms with E-state index in [-0.39, 0.29) is 18.3 Å². The quantitative estimate of drug-likeness (QED) is 0.242. The third-order valence-electron chi connectivity index (χ3n) is 5.65. The summed E-state index contributed by atoms with van der Waals surface area (Å²) in [6, 6.07) is 22.5. The summed E-state index contributed by atoms with van der Waals surface area (Å²) in [6.07, 6.45) is 3.51. The van der Waals surface area contributed by atoms with Crippen LogP contribution in [0.25, 0.3) is 10.9 Å². The first-order valence-electron chi connectivity index (χ1n) is 11.3. The van der Waals surface area contributed by atoms with Gasteiger partial charge in [-0.3, -0.25) is 4.79 Å². The molecule has 178 valence electrons. The van der Waals surface area contributed by atoms with Gasteiger partial charge in [-0.05, 0) is 29.8 Å². The van der Waals surface area contributed by atoms with Crippen molar-refractivity contribution in [1.29, 1.82) is 0 Å². The highest BCUT2D eigenvalue weighted by Crippen LogP contribution is 2.45. The number of benzene rings is 3. The Hall–Kier alpha value is -3.23. The van der Waals surface area contributed by atoms with Crippen molar-refractivity contribution >= 4 is 46.5 Å². The number of hydrogen-bond donors (Lipinski definition) is 1. The zero-order valence-electron chi connectivity index (χ0n) is 18.9. The van der Waals surface area contributed by atoms with Crippen molar-refractivity contribution in [2.45, 2.75) is 11.1 Å². The minimum Gasteiger partial charge on any atom is -0.484 e. The molecule has 8 heteroatoms. The molecule has 0 aliphatic carbocycles. The molecule has 3 aromatic carbocycles. The maximum Gasteiger partial charge on any atom is 0.277 e. The minimum absolute atomic E-state index is 0.126. The topological polar surface area (TPSA) is 55.6 Å². The van der Waals surface area contributed by atoms with Gasteiger partial charge >= 0.3 is 0 Å². The Kier molecular flexibility index (Phi) is 7.39. The van der Waals surface area contributed by atoms with E-state index in [4.69, 9.17) is 4.74 Å². The van der Waals surface area contributed by atoms with Gasteiger partial charge < -0.3 is 9.30 Å². The molecule has 4 aromatic rings. The van der Waals surface area contributed by atoms with Crippen LogP contribution in [0.3, 0.4) is 0 Å². The molecule has 35 heavy (non-hydrogen) atoms. The molecule has 5 nitrogen and oxygen atoms in total. The highest BCUT2D eigenvalue weighted by molar-refractivity contribution is 8.19. The molecule has 0 bridgehead atoms. The zero-order chi connectivity index (χ0) is 24.0. The standard InChI is InChI=1S/C27H24FN3O2S2/c28-24-7-3-1-5-20(24)16-31-17-21(23-6-2-4-8-25(23)31)15-29-30-26(32)18-33-22-11-9-19(10-12-22)27-34-13-14-35-27/h1-12,15,17,27H,13-14,16,18H2,(H,30,32)/b29-15-. The molecule has 1 aromatic heterocycles. The average Bonchev–Trinajstić information content (AvgIpc) is 3.54. The second-order valence-corrected chi connectivity index (χ2v) is 10.8. The number of carbonyl (C=O) groups excluding carboxylic acids is 1. The molecule has 1 saturated heterocycles. The van der Waals surface area contributed by atoms with Crippen LogP contribution in [-0.4, -0.2) is 34.8 Å². The predicted molar refractivity (Wildman–Crippen MR) is 143 cm³/mol. The third kappa shape index (κ3) is 5.71. The Balaban J connectivity index is 1.20. The Morgan fingerprint density at radius 3 is 2.60 bits per heavy atom. The number of aromatic nitrogens is 1. The number of nitrogens with one attached hydrogen (secondary N) is 1. The first-order chi connectivity index (χ1) is 17.2. The van der Waals surface area contributed by atoms with Gasteiger partial charge in [-0.2, -0.15) is 5.10 Å². The fourth-order valence-electron chi connectivity index (χ4n) is 3.95. The SMILES string of the molecule is O=C(COc1ccc(C2SCCS2)cc1)N/N=C\c1cn(Cc2ccccc2F)c2ccccc12. The molecule has 5 rings (SSSR count). The normalized spacial score (nSPS) is 14.1. The van der Waals surface area contributed by atoms with E-state index in [0.29, 0.717) is 22.4 Å². The molecule has 2 heterocycles. The van der Waals surface area contributed by atoms with Crippen molar-refractivity contribution < 1.29 is 13.9 Å². The predicted octanol–water partition coefficient (Wildman–Crippen LogP) is 5.84. The number of para-hydroxylation sites is 1. The maximum absolute atomic E-state index is 14.2. The molecule has 1 amide bonds. The van der Waals surface area contributed by atoms with Gasteiger partial charge in [-0.1, -0.05) is 48.5 Å². The molecule has 0 atom stereocenters. The van der Waals surface area contributed by atoms with E-state index in [0.717, 1.165) is 16.5 Å². The Morgan fingerprint density at radius 2 is 1.80 bits per heavy atom. The molecule has 1 aliphatic heterocycles. The smallest absolute Gasteiger partial charge is 0.277 e. The van der Waals surface area contributed by atoms with Crippen molar-refractivity contribution in [2.75, 3.05) is 18.1 Å². The minimum atomic E-state index is -0.345. The van der Waals surface area contributed by atoms with Gasteiger partial charge in [0.25, 0.3) is 5.91 Å². The van der Waals surface area contributed by atoms with Crippen LogP contribution < -0.4 is 10.2 Å². The van der Waals surface area contributed by atoms with Gasteiger partial charge in [0.05, 0.1) is 17.3 Å². The maximum atomic E-state index is 14.2. The van der Waals surface area contributed by atoms with Crippen molar-refractivity contribution in [2.24, 2.45) is 5.10 Å². The van der Waals surface area contributed by atoms with Crippen LogP contribution in [0.4, 0.5) is 4.39 Å². The van der Waals surface area contributed by atoms with Gasteiger partial charge in [0.1, 0.15) is 11.6 Å². The van der Waals surface area contributed by atoms with E-state index >= 15 is 0 Å². The molecule has 0 spiro atoms. The first kappa shape index (κ1) is 23.5. The summed E-state index contributed by atoms with van der Waals surface area (Å²) in [4.78, 5) is 12.2. The van der Waals surface area contributed by atoms with E-state index in [9.17, 15) is 9.18 Å². The van der Waals surface area contributed by atoms with Crippen LogP contribution in [0.15, 0.2) is 84.1 Å². The summed E-state index contributed by atoms with van der Waals surface area (Å²) in [7, 11) is 0. The number of ether oxygens (including phenoxy) is 1. The van der Waals surface area contributed by atoms with E-state index in [1.165, 1.54) is 23.1 Å². The van der Waals surface area contributed by atoms with Crippen molar-refractivity contribution in [3.8, 4) is 5.75 Å². The number of halogens is 1. The van der Waals surface area contributed by atoms with Gasteiger partial charge in [-0.15, -0.1) is 23.5 Å².